The maximum atomic E-state index is 14.8. The van der Waals surface area contributed by atoms with Crippen LogP contribution in [0.15, 0.2) is 61.7 Å². The van der Waals surface area contributed by atoms with Crippen molar-refractivity contribution in [3.8, 4) is 5.75 Å². The number of hydrogen-bond donors (Lipinski definition) is 2. The SMILES string of the molecule is C=CCCS(=O)(=O)[N+]1(C[C@@H]2CC[C@H]2C(O)CC=C)CC2(CCCc3cc(Cl)ccc32)COc2ccc(C(N)=O)cc21. The number of ether oxygens (including phenoxy) is 1. The van der Waals surface area contributed by atoms with Crippen molar-refractivity contribution in [3.63, 3.8) is 0 Å². The minimum Gasteiger partial charge on any atom is -0.486 e. The first-order valence-electron chi connectivity index (χ1n) is 14.4. The molecule has 0 aromatic heterocycles. The summed E-state index contributed by atoms with van der Waals surface area (Å²) in [5, 5.41) is 11.6. The van der Waals surface area contributed by atoms with Crippen LogP contribution in [0.2, 0.25) is 5.02 Å². The van der Waals surface area contributed by atoms with Crippen molar-refractivity contribution in [2.75, 3.05) is 25.4 Å². The summed E-state index contributed by atoms with van der Waals surface area (Å²) in [6.45, 7) is 8.38. The third kappa shape index (κ3) is 5.36. The van der Waals surface area contributed by atoms with Gasteiger partial charge in [0.2, 0.25) is 5.91 Å². The molecule has 7 nitrogen and oxygen atoms in total. The average molecular weight is 600 g/mol. The lowest BCUT2D eigenvalue weighted by molar-refractivity contribution is 0.00672. The molecule has 0 radical (unpaired) electrons. The van der Waals surface area contributed by atoms with Gasteiger partial charge < -0.3 is 15.6 Å². The third-order valence-corrected chi connectivity index (χ3v) is 12.0. The van der Waals surface area contributed by atoms with Gasteiger partial charge in [-0.25, -0.2) is 0 Å². The molecule has 1 saturated carbocycles. The van der Waals surface area contributed by atoms with Gasteiger partial charge in [0.15, 0.2) is 11.4 Å². The Labute approximate surface area is 248 Å². The highest BCUT2D eigenvalue weighted by Crippen LogP contribution is 2.51. The molecule has 0 saturated heterocycles. The quantitative estimate of drug-likeness (QED) is 0.285. The molecule has 41 heavy (non-hydrogen) atoms. The van der Waals surface area contributed by atoms with Crippen LogP contribution in [0.25, 0.3) is 0 Å². The second kappa shape index (κ2) is 11.6. The fourth-order valence-corrected chi connectivity index (χ4v) is 9.60. The highest BCUT2D eigenvalue weighted by molar-refractivity contribution is 7.90. The molecule has 5 atom stereocenters. The Bertz CT molecular complexity index is 1460. The number of amides is 1. The molecule has 0 bridgehead atoms. The van der Waals surface area contributed by atoms with E-state index in [4.69, 9.17) is 22.1 Å². The Balaban J connectivity index is 1.74. The molecular weight excluding hydrogens is 560 g/mol. The number of rotatable bonds is 10. The van der Waals surface area contributed by atoms with Crippen LogP contribution in [-0.4, -0.2) is 51.0 Å². The predicted octanol–water partition coefficient (Wildman–Crippen LogP) is 5.28. The molecule has 2 aromatic carbocycles. The number of sulfonamides is 1. The topological polar surface area (TPSA) is 107 Å². The number of allylic oxidation sites excluding steroid dienone is 1. The van der Waals surface area contributed by atoms with Gasteiger partial charge in [-0.1, -0.05) is 29.8 Å². The first-order chi connectivity index (χ1) is 19.6. The first-order valence-corrected chi connectivity index (χ1v) is 16.4. The number of aliphatic hydroxyl groups is 1. The highest BCUT2D eigenvalue weighted by Gasteiger charge is 2.58. The lowest BCUT2D eigenvalue weighted by Crippen LogP contribution is -2.64. The molecule has 2 aromatic rings. The van der Waals surface area contributed by atoms with E-state index in [9.17, 15) is 18.3 Å². The summed E-state index contributed by atoms with van der Waals surface area (Å²) in [4.78, 5) is 12.4. The van der Waals surface area contributed by atoms with E-state index in [0.29, 0.717) is 35.9 Å². The lowest BCUT2D eigenvalue weighted by Gasteiger charge is -2.48. The Morgan fingerprint density at radius 1 is 1.22 bits per heavy atom. The van der Waals surface area contributed by atoms with Crippen molar-refractivity contribution < 1.29 is 23.1 Å². The molecule has 1 fully saturated rings. The fraction of sp³-hybridized carbons (Fsp3) is 0.469. The summed E-state index contributed by atoms with van der Waals surface area (Å²) in [5.41, 5.74) is 7.95. The molecule has 1 amide bonds. The number of fused-ring (bicyclic) bond motifs is 3. The van der Waals surface area contributed by atoms with Crippen LogP contribution in [-0.2, 0) is 21.9 Å². The number of carbonyl (C=O) groups excluding carboxylic acids is 1. The van der Waals surface area contributed by atoms with Gasteiger partial charge in [-0.3, -0.25) is 4.79 Å². The Morgan fingerprint density at radius 2 is 2.02 bits per heavy atom. The van der Waals surface area contributed by atoms with E-state index in [1.807, 2.05) is 18.2 Å². The smallest absolute Gasteiger partial charge is 0.302 e. The molecule has 3 aliphatic rings. The molecule has 5 rings (SSSR count). The molecule has 9 heteroatoms. The Kier molecular flexibility index (Phi) is 8.41. The van der Waals surface area contributed by atoms with E-state index in [1.165, 1.54) is 0 Å². The Hall–Kier alpha value is -2.65. The molecular formula is C32H40ClN2O5S+. The summed E-state index contributed by atoms with van der Waals surface area (Å²) in [7, 11) is -3.90. The van der Waals surface area contributed by atoms with Crippen LogP contribution in [0.1, 0.15) is 60.0 Å². The number of primary amides is 1. The van der Waals surface area contributed by atoms with E-state index in [1.54, 1.807) is 30.4 Å². The van der Waals surface area contributed by atoms with Crippen LogP contribution in [0.5, 0.6) is 5.75 Å². The van der Waals surface area contributed by atoms with Crippen molar-refractivity contribution in [1.82, 2.24) is 3.89 Å². The van der Waals surface area contributed by atoms with Crippen molar-refractivity contribution in [2.45, 2.75) is 56.5 Å². The van der Waals surface area contributed by atoms with Crippen LogP contribution >= 0.6 is 11.6 Å². The lowest BCUT2D eigenvalue weighted by atomic mass is 9.68. The van der Waals surface area contributed by atoms with Gasteiger partial charge in [0.25, 0.3) is 0 Å². The van der Waals surface area contributed by atoms with E-state index >= 15 is 0 Å². The first kappa shape index (κ1) is 29.8. The van der Waals surface area contributed by atoms with Crippen LogP contribution in [0, 0.1) is 11.8 Å². The van der Waals surface area contributed by atoms with Crippen molar-refractivity contribution >= 4 is 33.2 Å². The normalized spacial score (nSPS) is 27.9. The number of hydrogen-bond acceptors (Lipinski definition) is 5. The van der Waals surface area contributed by atoms with Crippen LogP contribution < -0.4 is 14.4 Å². The second-order valence-corrected chi connectivity index (χ2v) is 14.7. The monoisotopic (exact) mass is 599 g/mol. The molecule has 3 unspecified atom stereocenters. The minimum absolute atomic E-state index is 0.0436. The number of aliphatic hydroxyl groups excluding tert-OH is 1. The average Bonchev–Trinajstić information content (AvgIpc) is 3.06. The number of aryl methyl sites for hydroxylation is 1. The van der Waals surface area contributed by atoms with Crippen molar-refractivity contribution in [2.24, 2.45) is 17.6 Å². The number of quaternary nitrogens is 1. The standard InChI is InChI=1S/C32H39ClN2O5S/c1-3-5-16-41(38,39)35(19-24-9-12-26(24)29(36)7-4-2)20-32(15-6-8-22-17-25(33)11-13-27(22)32)21-40-30-14-10-23(31(34)37)18-28(30)35/h3-4,10-11,13-14,17-18,24,26,29,36H,1-2,5-9,12,15-16,19-21H2,(H-,34,37)/p+1/t24-,26+,29?,32?,35?/m0/s1. The summed E-state index contributed by atoms with van der Waals surface area (Å²) < 4.78 is 35.7. The van der Waals surface area contributed by atoms with Gasteiger partial charge in [0.1, 0.15) is 25.4 Å². The fourth-order valence-electron chi connectivity index (χ4n) is 7.28. The molecule has 2 aliphatic carbocycles. The third-order valence-electron chi connectivity index (χ3n) is 9.51. The summed E-state index contributed by atoms with van der Waals surface area (Å²) >= 11 is 6.39. The van der Waals surface area contributed by atoms with E-state index in [2.05, 4.69) is 13.2 Å². The maximum Gasteiger partial charge on any atom is 0.302 e. The van der Waals surface area contributed by atoms with Gasteiger partial charge in [-0.15, -0.1) is 13.2 Å². The summed E-state index contributed by atoms with van der Waals surface area (Å²) in [5.74, 6) is -0.381. The van der Waals surface area contributed by atoms with Gasteiger partial charge in [0.05, 0.1) is 11.5 Å². The number of carbonyl (C=O) groups is 1. The number of halogens is 1. The maximum absolute atomic E-state index is 14.8. The molecule has 1 spiro atoms. The largest absolute Gasteiger partial charge is 0.486 e. The van der Waals surface area contributed by atoms with Crippen molar-refractivity contribution in [3.05, 3.63) is 83.4 Å². The summed E-state index contributed by atoms with van der Waals surface area (Å²) in [6.07, 6.45) is 7.60. The van der Waals surface area contributed by atoms with Crippen LogP contribution in [0.3, 0.4) is 0 Å². The molecule has 3 N–H and O–H groups in total. The van der Waals surface area contributed by atoms with Gasteiger partial charge in [-0.2, -0.15) is 12.3 Å². The summed E-state index contributed by atoms with van der Waals surface area (Å²) in [6, 6.07) is 10.8. The zero-order valence-corrected chi connectivity index (χ0v) is 25.0. The zero-order chi connectivity index (χ0) is 29.4. The number of benzene rings is 2. The van der Waals surface area contributed by atoms with Gasteiger partial charge in [-0.05, 0) is 86.3 Å². The zero-order valence-electron chi connectivity index (χ0n) is 23.4. The minimum atomic E-state index is -3.90. The van der Waals surface area contributed by atoms with E-state index < -0.39 is 27.4 Å². The Morgan fingerprint density at radius 3 is 2.71 bits per heavy atom. The number of nitrogens with two attached hydrogens (primary N) is 1. The van der Waals surface area contributed by atoms with Gasteiger partial charge in [0, 0.05) is 22.6 Å². The second-order valence-electron chi connectivity index (χ2n) is 12.0. The molecule has 1 heterocycles. The van der Waals surface area contributed by atoms with Crippen molar-refractivity contribution in [1.29, 1.82) is 0 Å². The van der Waals surface area contributed by atoms with Gasteiger partial charge >= 0.3 is 10.0 Å². The molecule has 220 valence electrons. The van der Waals surface area contributed by atoms with E-state index in [-0.39, 0.29) is 40.1 Å². The molecule has 1 aliphatic heterocycles. The van der Waals surface area contributed by atoms with Crippen LogP contribution in [0.4, 0.5) is 5.69 Å². The highest BCUT2D eigenvalue weighted by atomic mass is 35.5. The number of nitrogens with zero attached hydrogens (tertiary/aromatic N) is 1. The predicted molar refractivity (Wildman–Crippen MR) is 164 cm³/mol. The van der Waals surface area contributed by atoms with E-state index in [0.717, 1.165) is 43.2 Å².